The molecular formula is C15H28ClN3O2. The van der Waals surface area contributed by atoms with E-state index in [0.29, 0.717) is 11.8 Å². The lowest BCUT2D eigenvalue weighted by Gasteiger charge is -2.44. The number of carbonyl (C=O) groups excluding carboxylic acids is 2. The molecule has 2 atom stereocenters. The zero-order valence-electron chi connectivity index (χ0n) is 13.0. The van der Waals surface area contributed by atoms with Gasteiger partial charge in [-0.15, -0.1) is 12.4 Å². The van der Waals surface area contributed by atoms with E-state index in [1.54, 1.807) is 4.90 Å². The van der Waals surface area contributed by atoms with Gasteiger partial charge in [-0.05, 0) is 51.4 Å². The van der Waals surface area contributed by atoms with Crippen LogP contribution in [0.25, 0.3) is 0 Å². The molecule has 4 N–H and O–H groups in total. The molecule has 21 heavy (non-hydrogen) atoms. The van der Waals surface area contributed by atoms with Crippen LogP contribution < -0.4 is 11.5 Å². The molecule has 122 valence electrons. The van der Waals surface area contributed by atoms with Gasteiger partial charge in [0.25, 0.3) is 0 Å². The van der Waals surface area contributed by atoms with Crippen LogP contribution in [0.15, 0.2) is 0 Å². The molecule has 2 bridgehead atoms. The molecule has 0 heterocycles. The smallest absolute Gasteiger partial charge is 0.237 e. The number of nitrogens with zero attached hydrogens (tertiary/aromatic N) is 1. The first-order chi connectivity index (χ1) is 9.40. The van der Waals surface area contributed by atoms with Gasteiger partial charge in [0.15, 0.2) is 0 Å². The summed E-state index contributed by atoms with van der Waals surface area (Å²) in [5.74, 6) is 0.604. The molecule has 2 unspecified atom stereocenters. The first-order valence-corrected chi connectivity index (χ1v) is 7.74. The highest BCUT2D eigenvalue weighted by Gasteiger charge is 2.42. The number of carbonyl (C=O) groups is 2. The minimum absolute atomic E-state index is 0. The van der Waals surface area contributed by atoms with Crippen LogP contribution in [0.4, 0.5) is 0 Å². The Bertz CT molecular complexity index is 375. The second-order valence-corrected chi connectivity index (χ2v) is 6.72. The third-order valence-corrected chi connectivity index (χ3v) is 4.99. The molecule has 2 aliphatic rings. The summed E-state index contributed by atoms with van der Waals surface area (Å²) in [6, 6.07) is 0.266. The molecule has 0 aromatic carbocycles. The van der Waals surface area contributed by atoms with Gasteiger partial charge in [-0.25, -0.2) is 0 Å². The molecule has 2 amide bonds. The van der Waals surface area contributed by atoms with Crippen LogP contribution in [-0.4, -0.2) is 35.3 Å². The van der Waals surface area contributed by atoms with Crippen molar-refractivity contribution >= 4 is 24.2 Å². The highest BCUT2D eigenvalue weighted by molar-refractivity contribution is 5.85. The van der Waals surface area contributed by atoms with E-state index in [0.717, 1.165) is 25.7 Å². The summed E-state index contributed by atoms with van der Waals surface area (Å²) in [4.78, 5) is 25.5. The molecule has 5 nitrogen and oxygen atoms in total. The lowest BCUT2D eigenvalue weighted by atomic mass is 9.65. The van der Waals surface area contributed by atoms with Crippen molar-refractivity contribution in [2.45, 2.75) is 58.0 Å². The van der Waals surface area contributed by atoms with Crippen molar-refractivity contribution in [2.75, 3.05) is 6.54 Å². The lowest BCUT2D eigenvalue weighted by molar-refractivity contribution is -0.143. The maximum absolute atomic E-state index is 12.7. The quantitative estimate of drug-likeness (QED) is 0.818. The van der Waals surface area contributed by atoms with E-state index in [1.807, 2.05) is 13.8 Å². The van der Waals surface area contributed by atoms with E-state index in [4.69, 9.17) is 11.5 Å². The van der Waals surface area contributed by atoms with E-state index < -0.39 is 5.91 Å². The van der Waals surface area contributed by atoms with Crippen LogP contribution in [0, 0.1) is 17.8 Å². The largest absolute Gasteiger partial charge is 0.368 e. The molecule has 0 aromatic rings. The van der Waals surface area contributed by atoms with E-state index in [1.165, 1.54) is 6.42 Å². The molecule has 6 heteroatoms. The van der Waals surface area contributed by atoms with Crippen molar-refractivity contribution in [1.82, 2.24) is 4.90 Å². The maximum Gasteiger partial charge on any atom is 0.237 e. The zero-order valence-corrected chi connectivity index (χ0v) is 13.8. The van der Waals surface area contributed by atoms with Crippen LogP contribution in [0.3, 0.4) is 0 Å². The van der Waals surface area contributed by atoms with Crippen molar-refractivity contribution < 1.29 is 9.59 Å². The summed E-state index contributed by atoms with van der Waals surface area (Å²) < 4.78 is 0. The molecule has 2 saturated carbocycles. The minimum Gasteiger partial charge on any atom is -0.368 e. The number of nitrogens with two attached hydrogens (primary N) is 2. The third kappa shape index (κ3) is 4.10. The Morgan fingerprint density at radius 2 is 1.71 bits per heavy atom. The number of hydrogen-bond donors (Lipinski definition) is 2. The monoisotopic (exact) mass is 317 g/mol. The third-order valence-electron chi connectivity index (χ3n) is 4.99. The summed E-state index contributed by atoms with van der Waals surface area (Å²) >= 11 is 0. The Labute approximate surface area is 133 Å². The lowest BCUT2D eigenvalue weighted by Crippen LogP contribution is -2.52. The van der Waals surface area contributed by atoms with Crippen molar-refractivity contribution in [3.63, 3.8) is 0 Å². The summed E-state index contributed by atoms with van der Waals surface area (Å²) in [7, 11) is 0. The number of primary amides is 1. The topological polar surface area (TPSA) is 89.4 Å². The predicted octanol–water partition coefficient (Wildman–Crippen LogP) is 1.28. The van der Waals surface area contributed by atoms with Crippen LogP contribution in [0.2, 0.25) is 0 Å². The molecule has 2 rings (SSSR count). The van der Waals surface area contributed by atoms with Crippen molar-refractivity contribution in [2.24, 2.45) is 29.2 Å². The zero-order chi connectivity index (χ0) is 14.9. The summed E-state index contributed by atoms with van der Waals surface area (Å²) in [5.41, 5.74) is 11.5. The second kappa shape index (κ2) is 7.45. The summed E-state index contributed by atoms with van der Waals surface area (Å²) in [6.45, 7) is 3.88. The summed E-state index contributed by atoms with van der Waals surface area (Å²) in [5, 5.41) is 0. The fourth-order valence-corrected chi connectivity index (χ4v) is 3.91. The average molecular weight is 318 g/mol. The fourth-order valence-electron chi connectivity index (χ4n) is 3.91. The van der Waals surface area contributed by atoms with Gasteiger partial charge in [0.05, 0.1) is 6.54 Å². The van der Waals surface area contributed by atoms with Crippen LogP contribution in [-0.2, 0) is 9.59 Å². The molecule has 2 fully saturated rings. The van der Waals surface area contributed by atoms with Crippen molar-refractivity contribution in [1.29, 1.82) is 0 Å². The van der Waals surface area contributed by atoms with Gasteiger partial charge >= 0.3 is 0 Å². The van der Waals surface area contributed by atoms with E-state index >= 15 is 0 Å². The normalized spacial score (nSPS) is 31.4. The molecular weight excluding hydrogens is 290 g/mol. The van der Waals surface area contributed by atoms with Gasteiger partial charge in [0, 0.05) is 18.0 Å². The number of halogens is 1. The predicted molar refractivity (Wildman–Crippen MR) is 84.8 cm³/mol. The van der Waals surface area contributed by atoms with E-state index in [9.17, 15) is 9.59 Å². The first-order valence-electron chi connectivity index (χ1n) is 7.74. The second-order valence-electron chi connectivity index (χ2n) is 6.72. The highest BCUT2D eigenvalue weighted by atomic mass is 35.5. The number of fused-ring (bicyclic) bond motifs is 2. The van der Waals surface area contributed by atoms with E-state index in [2.05, 4.69) is 0 Å². The summed E-state index contributed by atoms with van der Waals surface area (Å²) in [6.07, 6.45) is 5.26. The van der Waals surface area contributed by atoms with Crippen molar-refractivity contribution in [3.05, 3.63) is 0 Å². The Morgan fingerprint density at radius 3 is 2.14 bits per heavy atom. The molecule has 0 aromatic heterocycles. The Balaban J connectivity index is 0.00000220. The Kier molecular flexibility index (Phi) is 6.47. The van der Waals surface area contributed by atoms with E-state index in [-0.39, 0.29) is 42.9 Å². The van der Waals surface area contributed by atoms with Crippen LogP contribution >= 0.6 is 12.4 Å². The molecule has 0 spiro atoms. The number of rotatable bonds is 4. The van der Waals surface area contributed by atoms with Gasteiger partial charge in [-0.3, -0.25) is 9.59 Å². The van der Waals surface area contributed by atoms with Crippen LogP contribution in [0.1, 0.15) is 46.0 Å². The minimum atomic E-state index is -0.445. The average Bonchev–Trinajstić information content (AvgIpc) is 2.34. The van der Waals surface area contributed by atoms with Gasteiger partial charge < -0.3 is 16.4 Å². The molecule has 0 saturated heterocycles. The van der Waals surface area contributed by atoms with Gasteiger partial charge in [0.1, 0.15) is 0 Å². The molecule has 0 radical (unpaired) electrons. The Morgan fingerprint density at radius 1 is 1.19 bits per heavy atom. The Hall–Kier alpha value is -0.810. The SMILES string of the molecule is CC(C)N(CC(N)=O)C(=O)C1CC2CCCC(C1)C2N.Cl. The van der Waals surface area contributed by atoms with Gasteiger partial charge in [0.2, 0.25) is 11.8 Å². The molecule has 0 aliphatic heterocycles. The van der Waals surface area contributed by atoms with Gasteiger partial charge in [-0.1, -0.05) is 6.42 Å². The first kappa shape index (κ1) is 18.2. The standard InChI is InChI=1S/C15H27N3O2.ClH/c1-9(2)18(8-13(16)19)15(20)12-6-10-4-3-5-11(7-12)14(10)17;/h9-12,14H,3-8,17H2,1-2H3,(H2,16,19);1H. The highest BCUT2D eigenvalue weighted by Crippen LogP contribution is 2.42. The maximum atomic E-state index is 12.7. The van der Waals surface area contributed by atoms with Gasteiger partial charge in [-0.2, -0.15) is 0 Å². The number of amides is 2. The van der Waals surface area contributed by atoms with Crippen LogP contribution in [0.5, 0.6) is 0 Å². The number of hydrogen-bond acceptors (Lipinski definition) is 3. The van der Waals surface area contributed by atoms with Crippen molar-refractivity contribution in [3.8, 4) is 0 Å². The fraction of sp³-hybridized carbons (Fsp3) is 0.867. The molecule has 2 aliphatic carbocycles.